The normalized spacial score (nSPS) is 46.6. The molecule has 1 atom stereocenters. The van der Waals surface area contributed by atoms with Crippen LogP contribution in [0, 0.1) is 40.4 Å². The SMILES string of the molecule is N#CC(CN)CC12CC3CC(CC(C3)C1)C2. The van der Waals surface area contributed by atoms with Gasteiger partial charge in [-0.1, -0.05) is 0 Å². The Morgan fingerprint density at radius 1 is 1.12 bits per heavy atom. The predicted molar refractivity (Wildman–Crippen MR) is 63.4 cm³/mol. The molecule has 2 heteroatoms. The zero-order chi connectivity index (χ0) is 11.2. The Hall–Kier alpha value is -0.550. The van der Waals surface area contributed by atoms with Crippen LogP contribution in [0.2, 0.25) is 0 Å². The van der Waals surface area contributed by atoms with E-state index in [9.17, 15) is 0 Å². The standard InChI is InChI=1S/C14H22N2/c15-8-13(9-16)7-14-4-10-1-11(5-14)3-12(2-10)6-14/h10-13H,1-8,15H2. The van der Waals surface area contributed by atoms with E-state index >= 15 is 0 Å². The second-order valence-corrected chi connectivity index (χ2v) is 6.68. The maximum absolute atomic E-state index is 9.10. The molecule has 16 heavy (non-hydrogen) atoms. The predicted octanol–water partition coefficient (Wildman–Crippen LogP) is 2.69. The molecular formula is C14H22N2. The number of nitrogens with two attached hydrogens (primary N) is 1. The molecule has 0 saturated heterocycles. The average molecular weight is 218 g/mol. The van der Waals surface area contributed by atoms with Gasteiger partial charge in [0.1, 0.15) is 0 Å². The molecule has 2 N–H and O–H groups in total. The molecular weight excluding hydrogens is 196 g/mol. The molecule has 1 unspecified atom stereocenters. The van der Waals surface area contributed by atoms with Gasteiger partial charge in [0, 0.05) is 6.54 Å². The third kappa shape index (κ3) is 1.66. The summed E-state index contributed by atoms with van der Waals surface area (Å²) in [6, 6.07) is 2.40. The van der Waals surface area contributed by atoms with Crippen molar-refractivity contribution >= 4 is 0 Å². The van der Waals surface area contributed by atoms with Crippen molar-refractivity contribution in [2.75, 3.05) is 6.54 Å². The molecule has 0 aliphatic heterocycles. The van der Waals surface area contributed by atoms with Crippen LogP contribution in [0.4, 0.5) is 0 Å². The Morgan fingerprint density at radius 3 is 2.00 bits per heavy atom. The van der Waals surface area contributed by atoms with E-state index < -0.39 is 0 Å². The van der Waals surface area contributed by atoms with Crippen molar-refractivity contribution in [2.45, 2.75) is 44.9 Å². The smallest absolute Gasteiger partial charge is 0.0669 e. The van der Waals surface area contributed by atoms with E-state index in [2.05, 4.69) is 6.07 Å². The Balaban J connectivity index is 1.76. The second-order valence-electron chi connectivity index (χ2n) is 6.68. The number of rotatable bonds is 3. The quantitative estimate of drug-likeness (QED) is 0.791. The summed E-state index contributed by atoms with van der Waals surface area (Å²) in [5, 5.41) is 9.10. The molecule has 4 fully saturated rings. The van der Waals surface area contributed by atoms with Gasteiger partial charge < -0.3 is 5.73 Å². The number of nitriles is 1. The highest BCUT2D eigenvalue weighted by Crippen LogP contribution is 2.61. The number of nitrogens with zero attached hydrogens (tertiary/aromatic N) is 1. The third-order valence-electron chi connectivity index (χ3n) is 5.31. The van der Waals surface area contributed by atoms with Crippen LogP contribution < -0.4 is 5.73 Å². The van der Waals surface area contributed by atoms with Crippen molar-refractivity contribution in [1.82, 2.24) is 0 Å². The first kappa shape index (κ1) is 10.6. The largest absolute Gasteiger partial charge is 0.329 e. The van der Waals surface area contributed by atoms with Crippen molar-refractivity contribution < 1.29 is 0 Å². The van der Waals surface area contributed by atoms with Crippen LogP contribution in [0.15, 0.2) is 0 Å². The number of hydrogen-bond donors (Lipinski definition) is 1. The average Bonchev–Trinajstić information content (AvgIpc) is 2.24. The van der Waals surface area contributed by atoms with Crippen molar-refractivity contribution in [3.8, 4) is 6.07 Å². The Labute approximate surface area is 98.2 Å². The molecule has 0 amide bonds. The van der Waals surface area contributed by atoms with Crippen LogP contribution in [0.3, 0.4) is 0 Å². The summed E-state index contributed by atoms with van der Waals surface area (Å²) in [6.45, 7) is 0.554. The highest BCUT2D eigenvalue weighted by molar-refractivity contribution is 5.03. The zero-order valence-corrected chi connectivity index (χ0v) is 9.99. The minimum absolute atomic E-state index is 0.108. The molecule has 0 aromatic heterocycles. The topological polar surface area (TPSA) is 49.8 Å². The minimum atomic E-state index is 0.108. The maximum atomic E-state index is 9.10. The van der Waals surface area contributed by atoms with E-state index in [-0.39, 0.29) is 5.92 Å². The van der Waals surface area contributed by atoms with E-state index in [1.54, 1.807) is 0 Å². The maximum Gasteiger partial charge on any atom is 0.0669 e. The Kier molecular flexibility index (Phi) is 2.47. The fraction of sp³-hybridized carbons (Fsp3) is 0.929. The molecule has 0 aromatic rings. The highest BCUT2D eigenvalue weighted by Gasteiger charge is 2.51. The van der Waals surface area contributed by atoms with Gasteiger partial charge in [-0.3, -0.25) is 0 Å². The molecule has 88 valence electrons. The third-order valence-corrected chi connectivity index (χ3v) is 5.31. The lowest BCUT2D eigenvalue weighted by molar-refractivity contribution is -0.0617. The van der Waals surface area contributed by atoms with E-state index in [1.807, 2.05) is 0 Å². The number of hydrogen-bond acceptors (Lipinski definition) is 2. The van der Waals surface area contributed by atoms with Crippen molar-refractivity contribution in [2.24, 2.45) is 34.8 Å². The summed E-state index contributed by atoms with van der Waals surface area (Å²) in [5.41, 5.74) is 6.21. The summed E-state index contributed by atoms with van der Waals surface area (Å²) in [6.07, 6.45) is 9.74. The lowest BCUT2D eigenvalue weighted by Gasteiger charge is -2.57. The highest BCUT2D eigenvalue weighted by atomic mass is 14.6. The Bertz CT molecular complexity index is 280. The first-order valence-corrected chi connectivity index (χ1v) is 6.83. The van der Waals surface area contributed by atoms with Crippen LogP contribution >= 0.6 is 0 Å². The minimum Gasteiger partial charge on any atom is -0.329 e. The van der Waals surface area contributed by atoms with Gasteiger partial charge in [0.15, 0.2) is 0 Å². The zero-order valence-electron chi connectivity index (χ0n) is 9.99. The van der Waals surface area contributed by atoms with Gasteiger partial charge in [-0.25, -0.2) is 0 Å². The van der Waals surface area contributed by atoms with Gasteiger partial charge in [-0.2, -0.15) is 5.26 Å². The molecule has 0 heterocycles. The van der Waals surface area contributed by atoms with Gasteiger partial charge in [0.05, 0.1) is 12.0 Å². The second kappa shape index (κ2) is 3.74. The van der Waals surface area contributed by atoms with E-state index in [4.69, 9.17) is 11.0 Å². The molecule has 0 spiro atoms. The van der Waals surface area contributed by atoms with Gasteiger partial charge in [-0.05, 0) is 68.1 Å². The molecule has 2 nitrogen and oxygen atoms in total. The molecule has 4 bridgehead atoms. The fourth-order valence-electron chi connectivity index (χ4n) is 5.24. The molecule has 4 aliphatic carbocycles. The van der Waals surface area contributed by atoms with Gasteiger partial charge >= 0.3 is 0 Å². The van der Waals surface area contributed by atoms with Crippen LogP contribution in [-0.4, -0.2) is 6.54 Å². The fourth-order valence-corrected chi connectivity index (χ4v) is 5.24. The van der Waals surface area contributed by atoms with Crippen LogP contribution in [0.5, 0.6) is 0 Å². The van der Waals surface area contributed by atoms with Crippen LogP contribution in [0.25, 0.3) is 0 Å². The van der Waals surface area contributed by atoms with E-state index in [0.717, 1.165) is 24.2 Å². The first-order chi connectivity index (χ1) is 7.73. The summed E-state index contributed by atoms with van der Waals surface area (Å²) >= 11 is 0. The lowest BCUT2D eigenvalue weighted by atomic mass is 9.48. The van der Waals surface area contributed by atoms with Crippen molar-refractivity contribution in [3.63, 3.8) is 0 Å². The molecule has 4 saturated carbocycles. The van der Waals surface area contributed by atoms with Crippen molar-refractivity contribution in [1.29, 1.82) is 5.26 Å². The van der Waals surface area contributed by atoms with Crippen LogP contribution in [0.1, 0.15) is 44.9 Å². The van der Waals surface area contributed by atoms with Crippen molar-refractivity contribution in [3.05, 3.63) is 0 Å². The molecule has 4 aliphatic rings. The lowest BCUT2D eigenvalue weighted by Crippen LogP contribution is -2.47. The summed E-state index contributed by atoms with van der Waals surface area (Å²) in [4.78, 5) is 0. The van der Waals surface area contributed by atoms with Crippen LogP contribution in [-0.2, 0) is 0 Å². The van der Waals surface area contributed by atoms with E-state index in [0.29, 0.717) is 12.0 Å². The summed E-state index contributed by atoms with van der Waals surface area (Å²) in [7, 11) is 0. The summed E-state index contributed by atoms with van der Waals surface area (Å²) in [5.74, 6) is 3.08. The van der Waals surface area contributed by atoms with Gasteiger partial charge in [0.2, 0.25) is 0 Å². The monoisotopic (exact) mass is 218 g/mol. The summed E-state index contributed by atoms with van der Waals surface area (Å²) < 4.78 is 0. The molecule has 4 rings (SSSR count). The Morgan fingerprint density at radius 2 is 1.62 bits per heavy atom. The first-order valence-electron chi connectivity index (χ1n) is 6.83. The van der Waals surface area contributed by atoms with Gasteiger partial charge in [0.25, 0.3) is 0 Å². The van der Waals surface area contributed by atoms with E-state index in [1.165, 1.54) is 38.5 Å². The molecule has 0 radical (unpaired) electrons. The molecule has 0 aromatic carbocycles. The van der Waals surface area contributed by atoms with Gasteiger partial charge in [-0.15, -0.1) is 0 Å².